The quantitative estimate of drug-likeness (QED) is 0.336. The van der Waals surface area contributed by atoms with E-state index >= 15 is 0 Å². The van der Waals surface area contributed by atoms with E-state index in [1.54, 1.807) is 6.07 Å². The largest absolute Gasteiger partial charge is 0.273 e. The summed E-state index contributed by atoms with van der Waals surface area (Å²) in [5.41, 5.74) is 4.14. The molecular weight excluding hydrogens is 305 g/mol. The molecular formula is C19H24FN3O. The number of halogens is 1. The smallest absolute Gasteiger partial charge is 0.240 e. The monoisotopic (exact) mass is 329 g/mol. The van der Waals surface area contributed by atoms with Gasteiger partial charge in [-0.25, -0.2) is 10.4 Å². The maximum atomic E-state index is 14.1. The molecule has 1 heterocycles. The van der Waals surface area contributed by atoms with E-state index in [1.807, 2.05) is 25.1 Å². The second-order valence-electron chi connectivity index (χ2n) is 5.92. The van der Waals surface area contributed by atoms with Gasteiger partial charge in [-0.2, -0.15) is 9.49 Å². The molecule has 0 saturated heterocycles. The van der Waals surface area contributed by atoms with Crippen molar-refractivity contribution in [2.24, 2.45) is 5.10 Å². The van der Waals surface area contributed by atoms with Crippen LogP contribution in [0.3, 0.4) is 0 Å². The van der Waals surface area contributed by atoms with Crippen LogP contribution in [-0.2, 0) is 4.79 Å². The molecule has 0 radical (unpaired) electrons. The maximum Gasteiger partial charge on any atom is 0.240 e. The Kier molecular flexibility index (Phi) is 6.85. The lowest BCUT2D eigenvalue weighted by molar-refractivity contribution is -0.121. The first-order chi connectivity index (χ1) is 11.6. The summed E-state index contributed by atoms with van der Waals surface area (Å²) in [6.45, 7) is 3.98. The number of unbranched alkanes of at least 4 members (excludes halogenated alkanes) is 4. The standard InChI is InChI=1S/C19H24FN3O/c1-3-4-5-6-7-12-18(24)23-21-13-16-14(2)15-10-8-9-11-17(15)22-19(16)20/h8-11,13H,3-7,12H2,1-2H3,(H,23,24). The van der Waals surface area contributed by atoms with Crippen LogP contribution in [0.25, 0.3) is 10.9 Å². The lowest BCUT2D eigenvalue weighted by atomic mass is 10.1. The Morgan fingerprint density at radius 3 is 2.79 bits per heavy atom. The van der Waals surface area contributed by atoms with Gasteiger partial charge in [0, 0.05) is 11.8 Å². The van der Waals surface area contributed by atoms with E-state index in [0.29, 0.717) is 17.5 Å². The van der Waals surface area contributed by atoms with Gasteiger partial charge < -0.3 is 0 Å². The van der Waals surface area contributed by atoms with E-state index in [9.17, 15) is 9.18 Å². The molecule has 0 fully saturated rings. The van der Waals surface area contributed by atoms with Gasteiger partial charge in [-0.1, -0.05) is 50.8 Å². The molecule has 5 heteroatoms. The van der Waals surface area contributed by atoms with Crippen LogP contribution < -0.4 is 5.43 Å². The number of nitrogens with zero attached hydrogens (tertiary/aromatic N) is 2. The van der Waals surface area contributed by atoms with E-state index in [2.05, 4.69) is 22.4 Å². The van der Waals surface area contributed by atoms with Gasteiger partial charge in [0.15, 0.2) is 0 Å². The first-order valence-corrected chi connectivity index (χ1v) is 8.50. The molecule has 4 nitrogen and oxygen atoms in total. The van der Waals surface area contributed by atoms with Crippen LogP contribution in [0.2, 0.25) is 0 Å². The number of hydrogen-bond acceptors (Lipinski definition) is 3. The molecule has 0 saturated carbocycles. The number of carbonyl (C=O) groups excluding carboxylic acids is 1. The number of aryl methyl sites for hydroxylation is 1. The minimum Gasteiger partial charge on any atom is -0.273 e. The van der Waals surface area contributed by atoms with Crippen molar-refractivity contribution in [3.63, 3.8) is 0 Å². The Labute approximate surface area is 142 Å². The number of hydrazone groups is 1. The minimum atomic E-state index is -0.580. The fraction of sp³-hybridized carbons (Fsp3) is 0.421. The van der Waals surface area contributed by atoms with Gasteiger partial charge in [-0.05, 0) is 25.0 Å². The first-order valence-electron chi connectivity index (χ1n) is 8.50. The molecule has 2 rings (SSSR count). The number of nitrogens with one attached hydrogen (secondary N) is 1. The normalized spacial score (nSPS) is 11.3. The average molecular weight is 329 g/mol. The van der Waals surface area contributed by atoms with Crippen LogP contribution in [0.1, 0.15) is 56.6 Å². The van der Waals surface area contributed by atoms with Crippen molar-refractivity contribution in [1.29, 1.82) is 0 Å². The Bertz CT molecular complexity index is 728. The maximum absolute atomic E-state index is 14.1. The van der Waals surface area contributed by atoms with Crippen LogP contribution >= 0.6 is 0 Å². The highest BCUT2D eigenvalue weighted by atomic mass is 19.1. The number of para-hydroxylation sites is 1. The molecule has 0 aliphatic carbocycles. The van der Waals surface area contributed by atoms with Crippen molar-refractivity contribution in [3.8, 4) is 0 Å². The first kappa shape index (κ1) is 18.0. The molecule has 0 spiro atoms. The zero-order valence-electron chi connectivity index (χ0n) is 14.3. The fourth-order valence-electron chi connectivity index (χ4n) is 2.62. The second-order valence-corrected chi connectivity index (χ2v) is 5.92. The number of aromatic nitrogens is 1. The van der Waals surface area contributed by atoms with E-state index in [-0.39, 0.29) is 5.91 Å². The summed E-state index contributed by atoms with van der Waals surface area (Å²) in [7, 11) is 0. The second kappa shape index (κ2) is 9.11. The highest BCUT2D eigenvalue weighted by Gasteiger charge is 2.10. The third-order valence-electron chi connectivity index (χ3n) is 4.04. The molecule has 24 heavy (non-hydrogen) atoms. The molecule has 0 aliphatic heterocycles. The molecule has 2 aromatic rings. The molecule has 1 aromatic heterocycles. The summed E-state index contributed by atoms with van der Waals surface area (Å²) >= 11 is 0. The summed E-state index contributed by atoms with van der Waals surface area (Å²) in [6, 6.07) is 7.37. The van der Waals surface area contributed by atoms with Crippen LogP contribution in [-0.4, -0.2) is 17.1 Å². The van der Waals surface area contributed by atoms with Crippen molar-refractivity contribution in [2.75, 3.05) is 0 Å². The molecule has 0 bridgehead atoms. The summed E-state index contributed by atoms with van der Waals surface area (Å²) in [4.78, 5) is 15.7. The molecule has 1 aromatic carbocycles. The number of carbonyl (C=O) groups is 1. The highest BCUT2D eigenvalue weighted by Crippen LogP contribution is 2.20. The third-order valence-corrected chi connectivity index (χ3v) is 4.04. The number of rotatable bonds is 8. The summed E-state index contributed by atoms with van der Waals surface area (Å²) < 4.78 is 14.1. The van der Waals surface area contributed by atoms with Crippen molar-refractivity contribution in [2.45, 2.75) is 52.4 Å². The molecule has 1 N–H and O–H groups in total. The fourth-order valence-corrected chi connectivity index (χ4v) is 2.62. The van der Waals surface area contributed by atoms with Gasteiger partial charge in [-0.3, -0.25) is 4.79 Å². The average Bonchev–Trinajstić information content (AvgIpc) is 2.57. The molecule has 0 aliphatic rings. The van der Waals surface area contributed by atoms with Crippen LogP contribution in [0.15, 0.2) is 29.4 Å². The Morgan fingerprint density at radius 1 is 1.25 bits per heavy atom. The van der Waals surface area contributed by atoms with Crippen LogP contribution in [0.5, 0.6) is 0 Å². The molecule has 0 atom stereocenters. The number of benzene rings is 1. The number of pyridine rings is 1. The summed E-state index contributed by atoms with van der Waals surface area (Å²) in [6.07, 6.45) is 7.21. The van der Waals surface area contributed by atoms with Gasteiger partial charge in [0.25, 0.3) is 0 Å². The Morgan fingerprint density at radius 2 is 2.00 bits per heavy atom. The van der Waals surface area contributed by atoms with Gasteiger partial charge in [0.1, 0.15) is 0 Å². The summed E-state index contributed by atoms with van der Waals surface area (Å²) in [5, 5.41) is 4.76. The van der Waals surface area contributed by atoms with Gasteiger partial charge in [0.2, 0.25) is 11.9 Å². The van der Waals surface area contributed by atoms with Crippen molar-refractivity contribution < 1.29 is 9.18 Å². The zero-order valence-corrected chi connectivity index (χ0v) is 14.3. The minimum absolute atomic E-state index is 0.144. The van der Waals surface area contributed by atoms with Crippen LogP contribution in [0, 0.1) is 12.9 Å². The molecule has 1 amide bonds. The number of fused-ring (bicyclic) bond motifs is 1. The third kappa shape index (κ3) is 4.85. The Hall–Kier alpha value is -2.30. The van der Waals surface area contributed by atoms with Crippen molar-refractivity contribution >= 4 is 23.0 Å². The predicted molar refractivity (Wildman–Crippen MR) is 95.6 cm³/mol. The number of hydrogen-bond donors (Lipinski definition) is 1. The molecule has 128 valence electrons. The van der Waals surface area contributed by atoms with Crippen molar-refractivity contribution in [1.82, 2.24) is 10.4 Å². The number of amides is 1. The zero-order chi connectivity index (χ0) is 17.4. The lowest BCUT2D eigenvalue weighted by Crippen LogP contribution is -2.17. The van der Waals surface area contributed by atoms with Crippen LogP contribution in [0.4, 0.5) is 4.39 Å². The van der Waals surface area contributed by atoms with E-state index in [1.165, 1.54) is 19.1 Å². The van der Waals surface area contributed by atoms with E-state index in [4.69, 9.17) is 0 Å². The van der Waals surface area contributed by atoms with E-state index in [0.717, 1.165) is 30.2 Å². The van der Waals surface area contributed by atoms with Gasteiger partial charge in [-0.15, -0.1) is 0 Å². The van der Waals surface area contributed by atoms with Crippen molar-refractivity contribution in [3.05, 3.63) is 41.3 Å². The lowest BCUT2D eigenvalue weighted by Gasteiger charge is -2.06. The van der Waals surface area contributed by atoms with E-state index < -0.39 is 5.95 Å². The SMILES string of the molecule is CCCCCCCC(=O)NN=Cc1c(F)nc2ccccc2c1C. The summed E-state index contributed by atoms with van der Waals surface area (Å²) in [5.74, 6) is -0.724. The highest BCUT2D eigenvalue weighted by molar-refractivity contribution is 5.92. The predicted octanol–water partition coefficient (Wildman–Crippen LogP) is 4.49. The Balaban J connectivity index is 1.94. The topological polar surface area (TPSA) is 54.4 Å². The van der Waals surface area contributed by atoms with Gasteiger partial charge >= 0.3 is 0 Å². The molecule has 0 unspecified atom stereocenters. The van der Waals surface area contributed by atoms with Gasteiger partial charge in [0.05, 0.1) is 17.3 Å².